The van der Waals surface area contributed by atoms with E-state index in [0.717, 1.165) is 6.07 Å². The third kappa shape index (κ3) is 6.20. The lowest BCUT2D eigenvalue weighted by Crippen LogP contribution is -2.12. The van der Waals surface area contributed by atoms with Gasteiger partial charge < -0.3 is 9.47 Å². The molecule has 25 heavy (non-hydrogen) atoms. The molecule has 0 heterocycles. The minimum atomic E-state index is -0.607. The van der Waals surface area contributed by atoms with Crippen LogP contribution in [0.5, 0.6) is 11.5 Å². The standard InChI is InChI=1S/C17H12Cl3FO4/c18-10-7-13(19)17(14(20)8-10)25-16(23)6-2-5-15(22)24-12-4-1-3-11(21)9-12/h1,3-4,7-9H,2,5-6H2. The number of hydrogen-bond acceptors (Lipinski definition) is 4. The van der Waals surface area contributed by atoms with E-state index in [9.17, 15) is 14.0 Å². The van der Waals surface area contributed by atoms with Crippen molar-refractivity contribution in [1.29, 1.82) is 0 Å². The van der Waals surface area contributed by atoms with E-state index in [-0.39, 0.29) is 40.8 Å². The number of ether oxygens (including phenoxy) is 2. The Morgan fingerprint density at radius 2 is 1.52 bits per heavy atom. The molecule has 0 atom stereocenters. The van der Waals surface area contributed by atoms with Gasteiger partial charge in [-0.1, -0.05) is 40.9 Å². The first-order valence-electron chi connectivity index (χ1n) is 7.16. The average molecular weight is 406 g/mol. The SMILES string of the molecule is O=C(CCCC(=O)Oc1c(Cl)cc(Cl)cc1Cl)Oc1cccc(F)c1. The molecule has 0 aliphatic heterocycles. The molecule has 0 N–H and O–H groups in total. The number of hydrogen-bond donors (Lipinski definition) is 0. The monoisotopic (exact) mass is 404 g/mol. The highest BCUT2D eigenvalue weighted by Gasteiger charge is 2.14. The Balaban J connectivity index is 1.80. The summed E-state index contributed by atoms with van der Waals surface area (Å²) in [6.45, 7) is 0. The summed E-state index contributed by atoms with van der Waals surface area (Å²) in [7, 11) is 0. The van der Waals surface area contributed by atoms with Crippen LogP contribution in [0.25, 0.3) is 0 Å². The number of rotatable bonds is 6. The number of carbonyl (C=O) groups is 2. The van der Waals surface area contributed by atoms with Crippen LogP contribution in [0.4, 0.5) is 4.39 Å². The van der Waals surface area contributed by atoms with E-state index in [1.54, 1.807) is 0 Å². The molecule has 132 valence electrons. The van der Waals surface area contributed by atoms with Crippen molar-refractivity contribution in [3.63, 3.8) is 0 Å². The molecule has 2 aromatic carbocycles. The topological polar surface area (TPSA) is 52.6 Å². The lowest BCUT2D eigenvalue weighted by molar-refractivity contribution is -0.136. The molecule has 2 rings (SSSR count). The molecular weight excluding hydrogens is 394 g/mol. The minimum absolute atomic E-state index is 0.0140. The van der Waals surface area contributed by atoms with E-state index >= 15 is 0 Å². The number of carbonyl (C=O) groups excluding carboxylic acids is 2. The first-order valence-corrected chi connectivity index (χ1v) is 8.30. The van der Waals surface area contributed by atoms with E-state index in [4.69, 9.17) is 44.3 Å². The van der Waals surface area contributed by atoms with Crippen LogP contribution in [0, 0.1) is 5.82 Å². The summed E-state index contributed by atoms with van der Waals surface area (Å²) in [6.07, 6.45) is 0.108. The van der Waals surface area contributed by atoms with Crippen LogP contribution in [-0.2, 0) is 9.59 Å². The van der Waals surface area contributed by atoms with Crippen molar-refractivity contribution in [2.75, 3.05) is 0 Å². The first-order chi connectivity index (χ1) is 11.8. The van der Waals surface area contributed by atoms with Crippen LogP contribution in [0.3, 0.4) is 0 Å². The molecule has 0 aromatic heterocycles. The molecule has 0 aliphatic carbocycles. The molecule has 0 saturated carbocycles. The zero-order valence-electron chi connectivity index (χ0n) is 12.7. The van der Waals surface area contributed by atoms with E-state index in [1.807, 2.05) is 0 Å². The van der Waals surface area contributed by atoms with Crippen molar-refractivity contribution in [2.45, 2.75) is 19.3 Å². The quantitative estimate of drug-likeness (QED) is 0.472. The number of esters is 2. The zero-order valence-corrected chi connectivity index (χ0v) is 15.0. The summed E-state index contributed by atoms with van der Waals surface area (Å²) in [5, 5.41) is 0.530. The highest BCUT2D eigenvalue weighted by Crippen LogP contribution is 2.36. The van der Waals surface area contributed by atoms with Crippen LogP contribution in [0.1, 0.15) is 19.3 Å². The second-order valence-electron chi connectivity index (χ2n) is 4.96. The maximum absolute atomic E-state index is 13.0. The molecule has 0 aliphatic rings. The average Bonchev–Trinajstić information content (AvgIpc) is 2.51. The molecular formula is C17H12Cl3FO4. The van der Waals surface area contributed by atoms with Gasteiger partial charge in [-0.2, -0.15) is 0 Å². The Morgan fingerprint density at radius 3 is 2.12 bits per heavy atom. The minimum Gasteiger partial charge on any atom is -0.426 e. The Bertz CT molecular complexity index is 772. The fourth-order valence-electron chi connectivity index (χ4n) is 1.88. The van der Waals surface area contributed by atoms with Gasteiger partial charge in [0, 0.05) is 23.9 Å². The molecule has 4 nitrogen and oxygen atoms in total. The number of benzene rings is 2. The summed E-state index contributed by atoms with van der Waals surface area (Å²) in [6, 6.07) is 8.01. The Labute approximate surface area is 158 Å². The highest BCUT2D eigenvalue weighted by molar-refractivity contribution is 6.40. The Hall–Kier alpha value is -1.82. The summed E-state index contributed by atoms with van der Waals surface area (Å²) < 4.78 is 23.0. The van der Waals surface area contributed by atoms with Gasteiger partial charge >= 0.3 is 11.9 Å². The molecule has 0 spiro atoms. The van der Waals surface area contributed by atoms with Gasteiger partial charge in [0.15, 0.2) is 5.75 Å². The predicted molar refractivity (Wildman–Crippen MR) is 93.0 cm³/mol. The zero-order chi connectivity index (χ0) is 18.4. The summed E-state index contributed by atoms with van der Waals surface area (Å²) >= 11 is 17.6. The highest BCUT2D eigenvalue weighted by atomic mass is 35.5. The fourth-order valence-corrected chi connectivity index (χ4v) is 2.78. The molecule has 2 aromatic rings. The third-order valence-electron chi connectivity index (χ3n) is 2.97. The van der Waals surface area contributed by atoms with Crippen LogP contribution < -0.4 is 9.47 Å². The van der Waals surface area contributed by atoms with E-state index in [1.165, 1.54) is 30.3 Å². The largest absolute Gasteiger partial charge is 0.426 e. The van der Waals surface area contributed by atoms with Crippen molar-refractivity contribution in [1.82, 2.24) is 0 Å². The lowest BCUT2D eigenvalue weighted by atomic mass is 10.2. The van der Waals surface area contributed by atoms with Crippen LogP contribution in [-0.4, -0.2) is 11.9 Å². The number of halogens is 4. The molecule has 0 bridgehead atoms. The predicted octanol–water partition coefficient (Wildman–Crippen LogP) is 5.47. The van der Waals surface area contributed by atoms with Gasteiger partial charge in [-0.25, -0.2) is 4.39 Å². The van der Waals surface area contributed by atoms with Gasteiger partial charge in [-0.15, -0.1) is 0 Å². The van der Waals surface area contributed by atoms with Gasteiger partial charge in [-0.3, -0.25) is 9.59 Å². The van der Waals surface area contributed by atoms with Crippen molar-refractivity contribution in [3.8, 4) is 11.5 Å². The first kappa shape index (κ1) is 19.5. The van der Waals surface area contributed by atoms with Crippen LogP contribution >= 0.6 is 34.8 Å². The van der Waals surface area contributed by atoms with Gasteiger partial charge in [0.25, 0.3) is 0 Å². The Kier molecular flexibility index (Phi) is 7.05. The van der Waals surface area contributed by atoms with Gasteiger partial charge in [-0.05, 0) is 30.7 Å². The van der Waals surface area contributed by atoms with Crippen LogP contribution in [0.2, 0.25) is 15.1 Å². The van der Waals surface area contributed by atoms with Crippen LogP contribution in [0.15, 0.2) is 36.4 Å². The second-order valence-corrected chi connectivity index (χ2v) is 6.21. The molecule has 0 radical (unpaired) electrons. The van der Waals surface area contributed by atoms with Crippen molar-refractivity contribution >= 4 is 46.7 Å². The van der Waals surface area contributed by atoms with E-state index in [2.05, 4.69) is 0 Å². The summed E-state index contributed by atoms with van der Waals surface area (Å²) in [4.78, 5) is 23.5. The molecule has 0 amide bonds. The maximum atomic E-state index is 13.0. The third-order valence-corrected chi connectivity index (χ3v) is 3.75. The van der Waals surface area contributed by atoms with E-state index < -0.39 is 17.8 Å². The van der Waals surface area contributed by atoms with Crippen molar-refractivity contribution in [2.24, 2.45) is 0 Å². The fraction of sp³-hybridized carbons (Fsp3) is 0.176. The summed E-state index contributed by atoms with van der Waals surface area (Å²) in [5.41, 5.74) is 0. The summed E-state index contributed by atoms with van der Waals surface area (Å²) in [5.74, 6) is -1.58. The Morgan fingerprint density at radius 1 is 0.920 bits per heavy atom. The van der Waals surface area contributed by atoms with Crippen molar-refractivity contribution in [3.05, 3.63) is 57.3 Å². The van der Waals surface area contributed by atoms with E-state index in [0.29, 0.717) is 5.02 Å². The smallest absolute Gasteiger partial charge is 0.311 e. The maximum Gasteiger partial charge on any atom is 0.311 e. The van der Waals surface area contributed by atoms with Crippen molar-refractivity contribution < 1.29 is 23.5 Å². The van der Waals surface area contributed by atoms with Gasteiger partial charge in [0.2, 0.25) is 0 Å². The second kappa shape index (κ2) is 9.04. The van der Waals surface area contributed by atoms with Gasteiger partial charge in [0.1, 0.15) is 11.6 Å². The molecule has 0 saturated heterocycles. The molecule has 0 fully saturated rings. The normalized spacial score (nSPS) is 10.4. The molecule has 0 unspecified atom stereocenters. The van der Waals surface area contributed by atoms with Gasteiger partial charge in [0.05, 0.1) is 10.0 Å². The molecule has 8 heteroatoms. The lowest BCUT2D eigenvalue weighted by Gasteiger charge is -2.08.